The van der Waals surface area contributed by atoms with Gasteiger partial charge in [-0.2, -0.15) is 0 Å². The average molecular weight is 824 g/mol. The van der Waals surface area contributed by atoms with Crippen LogP contribution in [0.15, 0.2) is 66.2 Å². The first-order valence-electron chi connectivity index (χ1n) is 20.9. The number of ether oxygens (including phenoxy) is 2. The average Bonchev–Trinajstić information content (AvgIpc) is 3.69. The monoisotopic (exact) mass is 823 g/mol. The van der Waals surface area contributed by atoms with Gasteiger partial charge in [0.1, 0.15) is 11.9 Å². The molecule has 0 aliphatic heterocycles. The molecule has 2 bridgehead atoms. The Labute approximate surface area is 345 Å². The van der Waals surface area contributed by atoms with Crippen molar-refractivity contribution in [3.8, 4) is 5.75 Å². The van der Waals surface area contributed by atoms with E-state index in [0.717, 1.165) is 40.8 Å². The highest BCUT2D eigenvalue weighted by Gasteiger charge is 2.58. The van der Waals surface area contributed by atoms with E-state index in [0.29, 0.717) is 72.8 Å². The summed E-state index contributed by atoms with van der Waals surface area (Å²) in [5.74, 6) is 0.150. The number of hydrogen-bond donors (Lipinski definition) is 2. The zero-order valence-corrected chi connectivity index (χ0v) is 35.6. The molecule has 2 aromatic carbocycles. The minimum absolute atomic E-state index is 0.000303. The smallest absolute Gasteiger partial charge is 0.446 e. The van der Waals surface area contributed by atoms with E-state index in [2.05, 4.69) is 45.4 Å². The lowest BCUT2D eigenvalue weighted by Gasteiger charge is -2.46. The van der Waals surface area contributed by atoms with Crippen LogP contribution in [0, 0.1) is 30.1 Å². The Morgan fingerprint density at radius 2 is 1.74 bits per heavy atom. The van der Waals surface area contributed by atoms with Crippen LogP contribution in [-0.2, 0) is 17.7 Å². The second kappa shape index (κ2) is 17.9. The van der Waals surface area contributed by atoms with E-state index in [1.54, 1.807) is 0 Å². The number of fused-ring (bicyclic) bond motifs is 8. The molecule has 1 heterocycles. The second-order valence-corrected chi connectivity index (χ2v) is 19.3. The van der Waals surface area contributed by atoms with Crippen molar-refractivity contribution < 1.29 is 42.4 Å². The molecule has 4 aliphatic carbocycles. The van der Waals surface area contributed by atoms with Crippen LogP contribution in [0.4, 0.5) is 18.0 Å². The van der Waals surface area contributed by atoms with Crippen molar-refractivity contribution in [3.05, 3.63) is 98.3 Å². The van der Waals surface area contributed by atoms with Crippen molar-refractivity contribution in [3.63, 3.8) is 0 Å². The summed E-state index contributed by atoms with van der Waals surface area (Å²) in [4.78, 5) is 32.1. The number of aliphatic hydroxyl groups is 2. The van der Waals surface area contributed by atoms with E-state index in [4.69, 9.17) is 4.74 Å². The summed E-state index contributed by atoms with van der Waals surface area (Å²) in [5, 5.41) is 24.2. The lowest BCUT2D eigenvalue weighted by molar-refractivity contribution is -0.274. The number of thiophene rings is 1. The van der Waals surface area contributed by atoms with Gasteiger partial charge in [0, 0.05) is 22.4 Å². The van der Waals surface area contributed by atoms with Crippen molar-refractivity contribution in [1.82, 2.24) is 4.90 Å². The number of alkyl halides is 3. The van der Waals surface area contributed by atoms with Crippen LogP contribution < -0.4 is 4.74 Å². The molecule has 2 saturated carbocycles. The molecule has 2 N–H and O–H groups in total. The van der Waals surface area contributed by atoms with Crippen LogP contribution in [0.1, 0.15) is 135 Å². The largest absolute Gasteiger partial charge is 0.573 e. The minimum atomic E-state index is -4.84. The highest BCUT2D eigenvalue weighted by Crippen LogP contribution is 2.59. The van der Waals surface area contributed by atoms with Crippen LogP contribution in [0.25, 0.3) is 0 Å². The van der Waals surface area contributed by atoms with Gasteiger partial charge in [0.2, 0.25) is 5.78 Å². The summed E-state index contributed by atoms with van der Waals surface area (Å²) in [6.45, 7) is 12.5. The van der Waals surface area contributed by atoms with Gasteiger partial charge in [0.05, 0.1) is 23.1 Å². The van der Waals surface area contributed by atoms with Crippen LogP contribution in [-0.4, -0.2) is 57.7 Å². The first-order valence-corrected chi connectivity index (χ1v) is 21.8. The molecule has 4 aliphatic rings. The van der Waals surface area contributed by atoms with Gasteiger partial charge >= 0.3 is 12.5 Å². The van der Waals surface area contributed by atoms with E-state index in [1.165, 1.54) is 40.5 Å². The molecule has 58 heavy (non-hydrogen) atoms. The van der Waals surface area contributed by atoms with Gasteiger partial charge in [-0.15, -0.1) is 24.5 Å². The third-order valence-corrected chi connectivity index (χ3v) is 14.3. The number of allylic oxidation sites excluding steroid dienone is 2. The first-order chi connectivity index (χ1) is 27.3. The van der Waals surface area contributed by atoms with E-state index >= 15 is 0 Å². The second-order valence-electron chi connectivity index (χ2n) is 18.0. The van der Waals surface area contributed by atoms with Gasteiger partial charge in [0.15, 0.2) is 0 Å². The van der Waals surface area contributed by atoms with Gasteiger partial charge in [-0.1, -0.05) is 70.0 Å². The van der Waals surface area contributed by atoms with Crippen LogP contribution in [0.2, 0.25) is 0 Å². The molecule has 7 rings (SSSR count). The van der Waals surface area contributed by atoms with Gasteiger partial charge in [-0.25, -0.2) is 4.79 Å². The van der Waals surface area contributed by atoms with Crippen LogP contribution in [0.5, 0.6) is 5.75 Å². The number of benzene rings is 2. The number of hydrogen-bond acceptors (Lipinski definition) is 7. The van der Waals surface area contributed by atoms with Crippen molar-refractivity contribution in [2.24, 2.45) is 23.2 Å². The topological polar surface area (TPSA) is 96.3 Å². The normalized spacial score (nSPS) is 28.1. The number of carbonyl (C=O) groups is 2. The molecule has 0 spiro atoms. The Hall–Kier alpha value is -3.67. The summed E-state index contributed by atoms with van der Waals surface area (Å²) in [6.07, 6.45) is 2.46. The molecule has 1 aromatic heterocycles. The molecule has 7 atom stereocenters. The van der Waals surface area contributed by atoms with Crippen LogP contribution in [0.3, 0.4) is 0 Å². The zero-order valence-electron chi connectivity index (χ0n) is 34.7. The Kier molecular flexibility index (Phi) is 13.5. The number of carbonyl (C=O) groups excluding carboxylic acids is 2. The van der Waals surface area contributed by atoms with Gasteiger partial charge in [0.25, 0.3) is 0 Å². The fraction of sp³-hybridized carbons (Fsp3) is 0.574. The molecule has 0 unspecified atom stereocenters. The number of rotatable bonds is 9. The first kappa shape index (κ1) is 43.9. The van der Waals surface area contributed by atoms with E-state index < -0.39 is 29.6 Å². The molecule has 0 saturated heterocycles. The Morgan fingerprint density at radius 1 is 1.00 bits per heavy atom. The number of nitrogens with zero attached hydrogens (tertiary/aromatic N) is 1. The van der Waals surface area contributed by atoms with Crippen molar-refractivity contribution in [2.45, 2.75) is 142 Å². The molecule has 0 radical (unpaired) electrons. The lowest BCUT2D eigenvalue weighted by Crippen LogP contribution is -2.54. The van der Waals surface area contributed by atoms with Gasteiger partial charge < -0.3 is 24.6 Å². The van der Waals surface area contributed by atoms with Crippen molar-refractivity contribution in [1.29, 1.82) is 0 Å². The Morgan fingerprint density at radius 3 is 2.41 bits per heavy atom. The molecular weight excluding hydrogens is 764 g/mol. The molecule has 1 amide bonds. The summed E-state index contributed by atoms with van der Waals surface area (Å²) >= 11 is 1.44. The fourth-order valence-corrected chi connectivity index (χ4v) is 10.7. The predicted molar refractivity (Wildman–Crippen MR) is 221 cm³/mol. The molecule has 3 aromatic rings. The third-order valence-electron chi connectivity index (χ3n) is 13.3. The maximum absolute atomic E-state index is 14.5. The quantitative estimate of drug-likeness (QED) is 0.165. The standard InChI is InChI=1S/C47H60F3NO6S/c1-29(2)37-18-10-31(4)24-41(37)56-44(54)51(27-33-12-16-36(17-13-33)57-47(48,49)50)28-46(55)23-21-40-38-19-14-34(26-39(38)43(53)42-20-11-32(5)58-42)25-35(52)15-9-30(3)8-7-22-45(40,46)6/h8,11-14,16-17,19-20,26,29,31,35,37,40-41,52,55H,7,9-10,15,18,21-25,27-28H2,1-6H3/t31-,35-,37+,40-,41-,45-,46+/m0/s1. The summed E-state index contributed by atoms with van der Waals surface area (Å²) < 4.78 is 49.5. The number of ketones is 1. The third kappa shape index (κ3) is 10.2. The highest BCUT2D eigenvalue weighted by atomic mass is 32.1. The number of aliphatic hydroxyl groups excluding tert-OH is 1. The Balaban J connectivity index is 1.39. The number of aryl methyl sites for hydroxylation is 1. The van der Waals surface area contributed by atoms with Gasteiger partial charge in [-0.05, 0) is 142 Å². The molecule has 11 heteroatoms. The molecular formula is C47H60F3NO6S. The zero-order chi connectivity index (χ0) is 42.0. The van der Waals surface area contributed by atoms with E-state index in [1.807, 2.05) is 37.3 Å². The summed E-state index contributed by atoms with van der Waals surface area (Å²) in [7, 11) is 0. The van der Waals surface area contributed by atoms with E-state index in [9.17, 15) is 33.0 Å². The summed E-state index contributed by atoms with van der Waals surface area (Å²) in [6, 6.07) is 15.2. The van der Waals surface area contributed by atoms with E-state index in [-0.39, 0.29) is 42.6 Å². The highest BCUT2D eigenvalue weighted by molar-refractivity contribution is 7.14. The predicted octanol–water partition coefficient (Wildman–Crippen LogP) is 11.3. The lowest BCUT2D eigenvalue weighted by atomic mass is 9.64. The maximum Gasteiger partial charge on any atom is 0.573 e. The molecule has 316 valence electrons. The SMILES string of the molecule is CC1=CCC[C@@]2(C)[C@@H](CC[C@@]2(O)CN(Cc2ccc(OC(F)(F)F)cc2)C(=O)O[C@H]2C[C@@H](C)CC[C@@H]2C(C)C)c2ccc(cc2C(=O)c2ccc(C)s2)C[C@@H](O)CC1. The molecule has 7 nitrogen and oxygen atoms in total. The van der Waals surface area contributed by atoms with Gasteiger partial charge in [-0.3, -0.25) is 4.79 Å². The maximum atomic E-state index is 14.5. The number of amides is 1. The fourth-order valence-electron chi connectivity index (χ4n) is 9.86. The minimum Gasteiger partial charge on any atom is -0.446 e. The van der Waals surface area contributed by atoms with Crippen molar-refractivity contribution >= 4 is 23.2 Å². The number of halogens is 3. The molecule has 2 fully saturated rings. The Bertz CT molecular complexity index is 1940. The summed E-state index contributed by atoms with van der Waals surface area (Å²) in [5.41, 5.74) is 1.75. The van der Waals surface area contributed by atoms with Crippen molar-refractivity contribution in [2.75, 3.05) is 6.54 Å². The van der Waals surface area contributed by atoms with Crippen LogP contribution >= 0.6 is 11.3 Å².